The Morgan fingerprint density at radius 2 is 2.44 bits per heavy atom. The molecule has 0 spiro atoms. The van der Waals surface area contributed by atoms with E-state index in [0.717, 1.165) is 0 Å². The van der Waals surface area contributed by atoms with Gasteiger partial charge < -0.3 is 0 Å². The maximum Gasteiger partial charge on any atom is 0.146 e. The normalized spacial score (nSPS) is 16.9. The molecule has 1 aliphatic heterocycles. The molecule has 0 N–H and O–H groups in total. The van der Waals surface area contributed by atoms with Crippen LogP contribution in [0.15, 0.2) is 21.6 Å². The summed E-state index contributed by atoms with van der Waals surface area (Å²) in [5.74, 6) is -0.354. The fourth-order valence-electron chi connectivity index (χ4n) is 0.420. The van der Waals surface area contributed by atoms with Gasteiger partial charge in [0, 0.05) is 4.01 Å². The summed E-state index contributed by atoms with van der Waals surface area (Å²) >= 11 is -0.248. The van der Waals surface area contributed by atoms with Crippen molar-refractivity contribution in [3.63, 3.8) is 0 Å². The van der Waals surface area contributed by atoms with Crippen LogP contribution in [0.25, 0.3) is 0 Å². The number of allylic oxidation sites excluding steroid dienone is 3. The highest BCUT2D eigenvalue weighted by molar-refractivity contribution is 14.2. The average molecular weight is 235 g/mol. The minimum atomic E-state index is -0.354. The summed E-state index contributed by atoms with van der Waals surface area (Å²) in [5, 5.41) is 8.25. The molecule has 1 rings (SSSR count). The molecule has 0 fully saturated rings. The highest BCUT2D eigenvalue weighted by atomic mass is 127. The van der Waals surface area contributed by atoms with E-state index in [1.165, 1.54) is 4.01 Å². The van der Waals surface area contributed by atoms with Crippen LogP contribution in [0.1, 0.15) is 0 Å². The van der Waals surface area contributed by atoms with Gasteiger partial charge in [-0.05, 0) is 10.2 Å². The summed E-state index contributed by atoms with van der Waals surface area (Å²) in [4.78, 5) is 0. The molecule has 0 amide bonds. The van der Waals surface area contributed by atoms with Crippen molar-refractivity contribution < 1.29 is 4.39 Å². The van der Waals surface area contributed by atoms with E-state index in [2.05, 4.69) is 0 Å². The number of hydrogen-bond acceptors (Lipinski definition) is 1. The second kappa shape index (κ2) is 2.87. The van der Waals surface area contributed by atoms with Crippen molar-refractivity contribution in [2.45, 2.75) is 0 Å². The van der Waals surface area contributed by atoms with Gasteiger partial charge in [-0.15, -0.1) is 0 Å². The summed E-state index contributed by atoms with van der Waals surface area (Å²) in [6, 6.07) is 1.76. The molecule has 9 heavy (non-hydrogen) atoms. The van der Waals surface area contributed by atoms with Crippen LogP contribution < -0.4 is 0 Å². The summed E-state index contributed by atoms with van der Waals surface area (Å²) in [6.07, 6.45) is 1.54. The van der Waals surface area contributed by atoms with Crippen LogP contribution in [0.5, 0.6) is 0 Å². The number of rotatable bonds is 0. The Balaban J connectivity index is 3.06. The molecule has 3 heteroatoms. The van der Waals surface area contributed by atoms with E-state index in [-0.39, 0.29) is 32.1 Å². The van der Waals surface area contributed by atoms with Crippen molar-refractivity contribution in [3.05, 3.63) is 21.6 Å². The Morgan fingerprint density at radius 3 is 2.89 bits per heavy atom. The molecule has 0 aromatic heterocycles. The number of hydrogen-bond donors (Lipinski definition) is 0. The Bertz CT molecular complexity index is 244. The van der Waals surface area contributed by atoms with Gasteiger partial charge in [-0.25, -0.2) is 4.39 Å². The molecular formula is C6H3FIN. The van der Waals surface area contributed by atoms with E-state index in [1.807, 2.05) is 4.08 Å². The SMILES string of the molecule is N#CC1=C(F)C=IC=C1. The lowest BCUT2D eigenvalue weighted by molar-refractivity contribution is 0.684. The van der Waals surface area contributed by atoms with Crippen LogP contribution in [0.4, 0.5) is 4.39 Å². The minimum absolute atomic E-state index is 0.154. The first-order valence-corrected chi connectivity index (χ1v) is 4.75. The molecular weight excluding hydrogens is 232 g/mol. The maximum absolute atomic E-state index is 12.4. The van der Waals surface area contributed by atoms with Gasteiger partial charge in [0.2, 0.25) is 0 Å². The van der Waals surface area contributed by atoms with E-state index in [9.17, 15) is 4.39 Å². The first kappa shape index (κ1) is 6.62. The Morgan fingerprint density at radius 1 is 1.67 bits per heavy atom. The molecule has 0 radical (unpaired) electrons. The Hall–Kier alpha value is -0.500. The number of nitrogens with zero attached hydrogens (tertiary/aromatic N) is 1. The molecule has 0 unspecified atom stereocenters. The zero-order valence-electron chi connectivity index (χ0n) is 4.44. The third kappa shape index (κ3) is 1.45. The third-order valence-electron chi connectivity index (χ3n) is 0.839. The van der Waals surface area contributed by atoms with Gasteiger partial charge in [-0.3, -0.25) is 0 Å². The van der Waals surface area contributed by atoms with Crippen LogP contribution in [0.3, 0.4) is 0 Å². The summed E-state index contributed by atoms with van der Waals surface area (Å²) in [5.41, 5.74) is 0.154. The molecule has 1 heterocycles. The van der Waals surface area contributed by atoms with Crippen LogP contribution in [0, 0.1) is 11.3 Å². The van der Waals surface area contributed by atoms with Crippen molar-refractivity contribution >= 4 is 24.7 Å². The molecule has 1 aliphatic rings. The van der Waals surface area contributed by atoms with Crippen molar-refractivity contribution in [1.82, 2.24) is 0 Å². The highest BCUT2D eigenvalue weighted by Crippen LogP contribution is 2.15. The predicted octanol–water partition coefficient (Wildman–Crippen LogP) is 2.03. The van der Waals surface area contributed by atoms with Gasteiger partial charge in [-0.2, -0.15) is 5.26 Å². The second-order valence-corrected chi connectivity index (χ2v) is 3.46. The highest BCUT2D eigenvalue weighted by Gasteiger charge is 2.00. The first-order chi connectivity index (χ1) is 4.34. The standard InChI is InChI=1S/C6H3FIN/c7-6-3-8-2-1-5(6)4-9/h1-3H. The minimum Gasteiger partial charge on any atom is -0.205 e. The fourth-order valence-corrected chi connectivity index (χ4v) is 1.85. The van der Waals surface area contributed by atoms with E-state index in [4.69, 9.17) is 5.26 Å². The van der Waals surface area contributed by atoms with Crippen molar-refractivity contribution in [2.24, 2.45) is 0 Å². The second-order valence-electron chi connectivity index (χ2n) is 1.40. The molecule has 1 nitrogen and oxygen atoms in total. The first-order valence-electron chi connectivity index (χ1n) is 2.26. The lowest BCUT2D eigenvalue weighted by atomic mass is 10.3. The fraction of sp³-hybridized carbons (Fsp3) is 0. The van der Waals surface area contributed by atoms with Crippen molar-refractivity contribution in [2.75, 3.05) is 0 Å². The predicted molar refractivity (Wildman–Crippen MR) is 43.0 cm³/mol. The molecule has 46 valence electrons. The summed E-state index contributed by atoms with van der Waals surface area (Å²) in [7, 11) is 0. The van der Waals surface area contributed by atoms with Crippen LogP contribution >= 0.6 is 20.7 Å². The monoisotopic (exact) mass is 235 g/mol. The van der Waals surface area contributed by atoms with Gasteiger partial charge in [-0.1, -0.05) is 20.7 Å². The Kier molecular flexibility index (Phi) is 2.11. The number of halogens is 2. The molecule has 0 saturated carbocycles. The summed E-state index contributed by atoms with van der Waals surface area (Å²) in [6.45, 7) is 0. The zero-order chi connectivity index (χ0) is 6.69. The van der Waals surface area contributed by atoms with Crippen molar-refractivity contribution in [3.8, 4) is 6.07 Å². The van der Waals surface area contributed by atoms with Crippen molar-refractivity contribution in [1.29, 1.82) is 5.26 Å². The van der Waals surface area contributed by atoms with Crippen LogP contribution in [0.2, 0.25) is 0 Å². The molecule has 0 saturated heterocycles. The molecule has 0 bridgehead atoms. The smallest absolute Gasteiger partial charge is 0.146 e. The van der Waals surface area contributed by atoms with Gasteiger partial charge in [0.1, 0.15) is 11.9 Å². The maximum atomic E-state index is 12.4. The quantitative estimate of drug-likeness (QED) is 0.589. The Labute approximate surface area is 62.2 Å². The molecule has 0 aromatic carbocycles. The van der Waals surface area contributed by atoms with Gasteiger partial charge >= 0.3 is 0 Å². The molecule has 0 atom stereocenters. The topological polar surface area (TPSA) is 23.8 Å². The average Bonchev–Trinajstić information content (AvgIpc) is 1.89. The van der Waals surface area contributed by atoms with Gasteiger partial charge in [0.25, 0.3) is 0 Å². The third-order valence-corrected chi connectivity index (χ3v) is 2.52. The van der Waals surface area contributed by atoms with Gasteiger partial charge in [0.05, 0.1) is 5.57 Å². The van der Waals surface area contributed by atoms with E-state index < -0.39 is 0 Å². The molecule has 0 aromatic rings. The van der Waals surface area contributed by atoms with Crippen LogP contribution in [-0.2, 0) is 0 Å². The lowest BCUT2D eigenvalue weighted by Crippen LogP contribution is -1.82. The largest absolute Gasteiger partial charge is 0.205 e. The summed E-state index contributed by atoms with van der Waals surface area (Å²) < 4.78 is 15.8. The number of nitriles is 1. The molecule has 0 aliphatic carbocycles. The zero-order valence-corrected chi connectivity index (χ0v) is 6.59. The van der Waals surface area contributed by atoms with E-state index in [0.29, 0.717) is 0 Å². The van der Waals surface area contributed by atoms with E-state index in [1.54, 1.807) is 12.1 Å². The van der Waals surface area contributed by atoms with Gasteiger partial charge in [0.15, 0.2) is 0 Å². The van der Waals surface area contributed by atoms with Crippen LogP contribution in [-0.4, -0.2) is 4.01 Å². The lowest BCUT2D eigenvalue weighted by Gasteiger charge is -1.91. The van der Waals surface area contributed by atoms with E-state index >= 15 is 0 Å².